The van der Waals surface area contributed by atoms with Crippen molar-refractivity contribution < 1.29 is 18.8 Å². The normalized spacial score (nSPS) is 20.1. The highest BCUT2D eigenvalue weighted by molar-refractivity contribution is 6.31. The Morgan fingerprint density at radius 1 is 1.13 bits per heavy atom. The van der Waals surface area contributed by atoms with E-state index in [1.54, 1.807) is 12.1 Å². The van der Waals surface area contributed by atoms with Crippen LogP contribution in [0.1, 0.15) is 11.1 Å². The molecule has 3 amide bonds. The minimum absolute atomic E-state index is 0.130. The van der Waals surface area contributed by atoms with E-state index in [1.165, 1.54) is 17.1 Å². The summed E-state index contributed by atoms with van der Waals surface area (Å²) in [6.07, 6.45) is 0. The summed E-state index contributed by atoms with van der Waals surface area (Å²) in [6, 6.07) is 7.21. The number of fused-ring (bicyclic) bond motifs is 1. The average Bonchev–Trinajstić information content (AvgIpc) is 3.17. The SMILES string of the molecule is Cc1cc(C)cc(N2C(=O)[C@@H]3N=NN(CC(=O)Nc4ccc(F)c(Cl)c4)[C@H]3C2=O)c1. The smallest absolute Gasteiger partial charge is 0.263 e. The van der Waals surface area contributed by atoms with Gasteiger partial charge in [-0.05, 0) is 55.3 Å². The number of hydrogen-bond donors (Lipinski definition) is 1. The maximum atomic E-state index is 13.3. The largest absolute Gasteiger partial charge is 0.324 e. The molecule has 1 saturated heterocycles. The van der Waals surface area contributed by atoms with Crippen LogP contribution in [0.5, 0.6) is 0 Å². The van der Waals surface area contributed by atoms with Gasteiger partial charge < -0.3 is 5.32 Å². The predicted octanol–water partition coefficient (Wildman–Crippen LogP) is 3.03. The first-order chi connectivity index (χ1) is 14.2. The molecule has 2 heterocycles. The second kappa shape index (κ2) is 7.49. The van der Waals surface area contributed by atoms with Crippen LogP contribution in [0.2, 0.25) is 5.02 Å². The molecule has 2 aromatic rings. The second-order valence-electron chi connectivity index (χ2n) is 7.23. The molecule has 0 unspecified atom stereocenters. The van der Waals surface area contributed by atoms with E-state index in [0.717, 1.165) is 22.1 Å². The van der Waals surface area contributed by atoms with Gasteiger partial charge in [-0.25, -0.2) is 9.29 Å². The molecule has 1 fully saturated rings. The summed E-state index contributed by atoms with van der Waals surface area (Å²) < 4.78 is 13.3. The molecule has 1 N–H and O–H groups in total. The maximum absolute atomic E-state index is 13.3. The summed E-state index contributed by atoms with van der Waals surface area (Å²) in [6.45, 7) is 3.44. The van der Waals surface area contributed by atoms with Crippen molar-refractivity contribution in [3.8, 4) is 0 Å². The topological polar surface area (TPSA) is 94.4 Å². The van der Waals surface area contributed by atoms with Crippen molar-refractivity contribution in [3.63, 3.8) is 0 Å². The van der Waals surface area contributed by atoms with E-state index in [1.807, 2.05) is 19.9 Å². The van der Waals surface area contributed by atoms with Crippen LogP contribution in [0.15, 0.2) is 46.7 Å². The number of rotatable bonds is 4. The fourth-order valence-corrected chi connectivity index (χ4v) is 3.79. The third kappa shape index (κ3) is 3.52. The minimum atomic E-state index is -0.994. The Balaban J connectivity index is 1.50. The first-order valence-electron chi connectivity index (χ1n) is 9.13. The third-order valence-electron chi connectivity index (χ3n) is 4.83. The van der Waals surface area contributed by atoms with E-state index < -0.39 is 35.6 Å². The standard InChI is InChI=1S/C20H17ClFN5O3/c1-10-5-11(2)7-13(6-10)27-19(29)17-18(20(27)30)26(25-24-17)9-16(28)23-12-3-4-15(22)14(21)8-12/h3-8,17-18H,9H2,1-2H3,(H,23,28)/t17-,18-/m1/s1. The van der Waals surface area contributed by atoms with Gasteiger partial charge in [0.2, 0.25) is 5.91 Å². The first-order valence-corrected chi connectivity index (χ1v) is 9.51. The Hall–Kier alpha value is -3.33. The zero-order chi connectivity index (χ0) is 21.6. The molecule has 0 bridgehead atoms. The van der Waals surface area contributed by atoms with Crippen LogP contribution < -0.4 is 10.2 Å². The number of anilines is 2. The molecule has 4 rings (SSSR count). The number of nitrogens with one attached hydrogen (secondary N) is 1. The number of imide groups is 1. The van der Waals surface area contributed by atoms with Gasteiger partial charge in [-0.2, -0.15) is 5.11 Å². The Labute approximate surface area is 176 Å². The van der Waals surface area contributed by atoms with Gasteiger partial charge in [-0.3, -0.25) is 19.4 Å². The van der Waals surface area contributed by atoms with E-state index in [2.05, 4.69) is 15.7 Å². The van der Waals surface area contributed by atoms with Crippen molar-refractivity contribution >= 4 is 40.7 Å². The summed E-state index contributed by atoms with van der Waals surface area (Å²) in [5, 5.41) is 11.4. The average molecular weight is 430 g/mol. The predicted molar refractivity (Wildman–Crippen MR) is 108 cm³/mol. The molecular weight excluding hydrogens is 413 g/mol. The van der Waals surface area contributed by atoms with Crippen LogP contribution >= 0.6 is 11.6 Å². The molecule has 0 spiro atoms. The van der Waals surface area contributed by atoms with Crippen LogP contribution in [0.4, 0.5) is 15.8 Å². The molecule has 2 atom stereocenters. The second-order valence-corrected chi connectivity index (χ2v) is 7.63. The monoisotopic (exact) mass is 429 g/mol. The Morgan fingerprint density at radius 2 is 1.83 bits per heavy atom. The van der Waals surface area contributed by atoms with Crippen LogP contribution in [-0.2, 0) is 14.4 Å². The van der Waals surface area contributed by atoms with Gasteiger partial charge in [0.1, 0.15) is 12.4 Å². The van der Waals surface area contributed by atoms with Crippen LogP contribution in [-0.4, -0.2) is 41.4 Å². The number of carbonyl (C=O) groups excluding carboxylic acids is 3. The molecule has 2 aliphatic rings. The lowest BCUT2D eigenvalue weighted by Crippen LogP contribution is -2.43. The number of hydrogen-bond acceptors (Lipinski definition) is 6. The Bertz CT molecular complexity index is 1090. The highest BCUT2D eigenvalue weighted by Gasteiger charge is 2.55. The number of carbonyl (C=O) groups is 3. The number of halogens is 2. The van der Waals surface area contributed by atoms with Gasteiger partial charge in [-0.1, -0.05) is 22.9 Å². The zero-order valence-electron chi connectivity index (χ0n) is 16.1. The van der Waals surface area contributed by atoms with Crippen molar-refractivity contribution in [2.45, 2.75) is 25.9 Å². The molecule has 2 aromatic carbocycles. The Kier molecular flexibility index (Phi) is 4.98. The lowest BCUT2D eigenvalue weighted by molar-refractivity contribution is -0.123. The Morgan fingerprint density at radius 3 is 2.50 bits per heavy atom. The summed E-state index contributed by atoms with van der Waals surface area (Å²) in [5.74, 6) is -2.08. The van der Waals surface area contributed by atoms with E-state index in [4.69, 9.17) is 11.6 Å². The highest BCUT2D eigenvalue weighted by atomic mass is 35.5. The first kappa shape index (κ1) is 20.0. The highest BCUT2D eigenvalue weighted by Crippen LogP contribution is 2.32. The van der Waals surface area contributed by atoms with E-state index in [-0.39, 0.29) is 11.6 Å². The molecule has 0 saturated carbocycles. The summed E-state index contributed by atoms with van der Waals surface area (Å²) in [7, 11) is 0. The van der Waals surface area contributed by atoms with Crippen LogP contribution in [0, 0.1) is 19.7 Å². The van der Waals surface area contributed by atoms with Crippen molar-refractivity contribution in [3.05, 3.63) is 58.4 Å². The van der Waals surface area contributed by atoms with E-state index >= 15 is 0 Å². The lowest BCUT2D eigenvalue weighted by Gasteiger charge is -2.20. The van der Waals surface area contributed by atoms with Crippen LogP contribution in [0.3, 0.4) is 0 Å². The summed E-state index contributed by atoms with van der Waals surface area (Å²) in [4.78, 5) is 39.3. The van der Waals surface area contributed by atoms with Crippen molar-refractivity contribution in [2.75, 3.05) is 16.8 Å². The van der Waals surface area contributed by atoms with Crippen LogP contribution in [0.25, 0.3) is 0 Å². The summed E-state index contributed by atoms with van der Waals surface area (Å²) >= 11 is 5.71. The third-order valence-corrected chi connectivity index (χ3v) is 5.12. The fraction of sp³-hybridized carbons (Fsp3) is 0.250. The number of benzene rings is 2. The van der Waals surface area contributed by atoms with Gasteiger partial charge in [0.05, 0.1) is 10.7 Å². The maximum Gasteiger partial charge on any atom is 0.263 e. The van der Waals surface area contributed by atoms with Gasteiger partial charge in [0, 0.05) is 5.69 Å². The molecule has 0 radical (unpaired) electrons. The number of amides is 3. The molecular formula is C20H17ClFN5O3. The lowest BCUT2D eigenvalue weighted by atomic mass is 10.1. The minimum Gasteiger partial charge on any atom is -0.324 e. The molecule has 0 aliphatic carbocycles. The zero-order valence-corrected chi connectivity index (χ0v) is 16.9. The van der Waals surface area contributed by atoms with Gasteiger partial charge in [0.15, 0.2) is 12.1 Å². The molecule has 2 aliphatic heterocycles. The fourth-order valence-electron chi connectivity index (χ4n) is 3.61. The molecule has 154 valence electrons. The van der Waals surface area contributed by atoms with Crippen molar-refractivity contribution in [1.29, 1.82) is 0 Å². The number of nitrogens with zero attached hydrogens (tertiary/aromatic N) is 4. The molecule has 30 heavy (non-hydrogen) atoms. The van der Waals surface area contributed by atoms with Gasteiger partial charge in [0.25, 0.3) is 11.8 Å². The number of aryl methyl sites for hydroxylation is 2. The van der Waals surface area contributed by atoms with E-state index in [9.17, 15) is 18.8 Å². The van der Waals surface area contributed by atoms with E-state index in [0.29, 0.717) is 11.4 Å². The molecule has 10 heteroatoms. The summed E-state index contributed by atoms with van der Waals surface area (Å²) in [5.41, 5.74) is 2.60. The van der Waals surface area contributed by atoms with Crippen molar-refractivity contribution in [1.82, 2.24) is 5.01 Å². The van der Waals surface area contributed by atoms with Gasteiger partial charge in [-0.15, -0.1) is 0 Å². The van der Waals surface area contributed by atoms with Crippen molar-refractivity contribution in [2.24, 2.45) is 10.3 Å². The van der Waals surface area contributed by atoms with Gasteiger partial charge >= 0.3 is 0 Å². The quantitative estimate of drug-likeness (QED) is 0.756. The molecule has 8 nitrogen and oxygen atoms in total. The molecule has 0 aromatic heterocycles.